The Hall–Kier alpha value is -2.42. The van der Waals surface area contributed by atoms with Crippen LogP contribution in [0.15, 0.2) is 30.3 Å². The van der Waals surface area contributed by atoms with Gasteiger partial charge < -0.3 is 9.84 Å². The van der Waals surface area contributed by atoms with Crippen molar-refractivity contribution in [3.8, 4) is 5.75 Å². The number of rotatable bonds is 4. The molecule has 1 amide bonds. The first-order valence-electron chi connectivity index (χ1n) is 8.07. The van der Waals surface area contributed by atoms with Crippen molar-refractivity contribution in [2.75, 3.05) is 4.90 Å². The van der Waals surface area contributed by atoms with Crippen LogP contribution in [0.5, 0.6) is 5.75 Å². The maximum absolute atomic E-state index is 14.2. The van der Waals surface area contributed by atoms with Crippen LogP contribution in [0.1, 0.15) is 11.4 Å². The molecule has 3 aromatic rings. The van der Waals surface area contributed by atoms with Gasteiger partial charge in [0.1, 0.15) is 22.1 Å². The summed E-state index contributed by atoms with van der Waals surface area (Å²) in [5.74, 6) is -1.82. The largest absolute Gasteiger partial charge is 0.481 e. The van der Waals surface area contributed by atoms with E-state index in [9.17, 15) is 14.0 Å². The van der Waals surface area contributed by atoms with Gasteiger partial charge in [-0.1, -0.05) is 35.3 Å². The zero-order chi connectivity index (χ0) is 20.0. The van der Waals surface area contributed by atoms with Crippen LogP contribution >= 0.6 is 34.5 Å². The lowest BCUT2D eigenvalue weighted by atomic mass is 10.1. The topological polar surface area (TPSA) is 79.7 Å². The summed E-state index contributed by atoms with van der Waals surface area (Å²) in [6.45, 7) is 0.0159. The van der Waals surface area contributed by atoms with Crippen LogP contribution in [-0.2, 0) is 16.1 Å². The van der Waals surface area contributed by atoms with E-state index in [1.165, 1.54) is 4.90 Å². The quantitative estimate of drug-likeness (QED) is 0.603. The summed E-state index contributed by atoms with van der Waals surface area (Å²) in [6, 6.07) is 7.90. The number of ether oxygens (including phenoxy) is 1. The molecule has 2 aromatic carbocycles. The van der Waals surface area contributed by atoms with Gasteiger partial charge in [-0.15, -0.1) is 11.3 Å². The van der Waals surface area contributed by atoms with Crippen molar-refractivity contribution in [3.05, 3.63) is 51.2 Å². The molecule has 0 saturated carbocycles. The van der Waals surface area contributed by atoms with Crippen LogP contribution in [-0.4, -0.2) is 28.1 Å². The van der Waals surface area contributed by atoms with E-state index in [2.05, 4.69) is 4.98 Å². The van der Waals surface area contributed by atoms with Gasteiger partial charge in [-0.05, 0) is 18.2 Å². The van der Waals surface area contributed by atoms with Crippen molar-refractivity contribution in [1.82, 2.24) is 4.98 Å². The molecular formula is C18H11Cl2FN2O4S. The number of carbonyl (C=O) groups excluding carboxylic acids is 1. The molecule has 1 aliphatic heterocycles. The van der Waals surface area contributed by atoms with Crippen LogP contribution < -0.4 is 9.64 Å². The van der Waals surface area contributed by atoms with Crippen LogP contribution in [0.25, 0.3) is 10.2 Å². The normalized spacial score (nSPS) is 16.2. The standard InChI is InChI=1S/C18H11Cl2FN2O4S/c19-8-5-9(21)17-16(15(8)20)22-13(28-17)7-23-10-3-1-2-4-11(10)27-12(18(23)26)6-14(24)25/h1-5,12H,6-7H2,(H,24,25). The molecule has 0 spiro atoms. The molecule has 1 aromatic heterocycles. The molecule has 2 heterocycles. The molecule has 0 bridgehead atoms. The van der Waals surface area contributed by atoms with Crippen molar-refractivity contribution in [3.63, 3.8) is 0 Å². The number of hydrogen-bond acceptors (Lipinski definition) is 5. The highest BCUT2D eigenvalue weighted by molar-refractivity contribution is 7.18. The van der Waals surface area contributed by atoms with Crippen LogP contribution in [0.3, 0.4) is 0 Å². The number of nitrogens with zero attached hydrogens (tertiary/aromatic N) is 2. The number of carboxylic acids is 1. The van der Waals surface area contributed by atoms with Crippen molar-refractivity contribution in [2.24, 2.45) is 0 Å². The molecule has 1 unspecified atom stereocenters. The molecule has 1 aliphatic rings. The third-order valence-corrected chi connectivity index (χ3v) is 6.01. The predicted octanol–water partition coefficient (Wildman–Crippen LogP) is 4.51. The summed E-state index contributed by atoms with van der Waals surface area (Å²) in [5.41, 5.74) is 0.709. The molecule has 1 atom stereocenters. The highest BCUT2D eigenvalue weighted by Gasteiger charge is 2.36. The van der Waals surface area contributed by atoms with Gasteiger partial charge in [0.2, 0.25) is 0 Å². The molecule has 1 N–H and O–H groups in total. The minimum atomic E-state index is -1.16. The van der Waals surface area contributed by atoms with E-state index in [4.69, 9.17) is 33.0 Å². The second-order valence-corrected chi connectivity index (χ2v) is 7.90. The second-order valence-electron chi connectivity index (χ2n) is 6.04. The predicted molar refractivity (Wildman–Crippen MR) is 104 cm³/mol. The second kappa shape index (κ2) is 7.20. The molecule has 0 fully saturated rings. The van der Waals surface area contributed by atoms with Gasteiger partial charge in [0.05, 0.1) is 33.4 Å². The fraction of sp³-hybridized carbons (Fsp3) is 0.167. The minimum Gasteiger partial charge on any atom is -0.481 e. The monoisotopic (exact) mass is 440 g/mol. The number of aromatic nitrogens is 1. The Kier molecular flexibility index (Phi) is 4.86. The fourth-order valence-corrected chi connectivity index (χ4v) is 4.36. The molecule has 0 aliphatic carbocycles. The number of aliphatic carboxylic acids is 1. The average Bonchev–Trinajstić information content (AvgIpc) is 3.07. The number of para-hydroxylation sites is 2. The van der Waals surface area contributed by atoms with E-state index in [0.29, 0.717) is 16.4 Å². The Morgan fingerprint density at radius 3 is 2.86 bits per heavy atom. The first kappa shape index (κ1) is 18.9. The summed E-state index contributed by atoms with van der Waals surface area (Å²) in [7, 11) is 0. The number of thiazole rings is 1. The molecule has 28 heavy (non-hydrogen) atoms. The van der Waals surface area contributed by atoms with Crippen molar-refractivity contribution in [1.29, 1.82) is 0 Å². The summed E-state index contributed by atoms with van der Waals surface area (Å²) < 4.78 is 20.0. The number of fused-ring (bicyclic) bond motifs is 2. The number of hydrogen-bond donors (Lipinski definition) is 1. The Labute approximate surface area is 172 Å². The third-order valence-electron chi connectivity index (χ3n) is 4.18. The molecule has 6 nitrogen and oxygen atoms in total. The van der Waals surface area contributed by atoms with Crippen molar-refractivity contribution >= 4 is 62.3 Å². The van der Waals surface area contributed by atoms with Gasteiger partial charge in [-0.25, -0.2) is 9.37 Å². The lowest BCUT2D eigenvalue weighted by molar-refractivity contribution is -0.142. The average molecular weight is 441 g/mol. The van der Waals surface area contributed by atoms with Crippen molar-refractivity contribution < 1.29 is 23.8 Å². The lowest BCUT2D eigenvalue weighted by Gasteiger charge is -2.33. The summed E-state index contributed by atoms with van der Waals surface area (Å²) in [6.07, 6.45) is -1.63. The molecule has 0 saturated heterocycles. The minimum absolute atomic E-state index is 0.0159. The van der Waals surface area contributed by atoms with Crippen molar-refractivity contribution in [2.45, 2.75) is 19.1 Å². The van der Waals surface area contributed by atoms with Crippen LogP contribution in [0, 0.1) is 5.82 Å². The molecule has 4 rings (SSSR count). The number of anilines is 1. The Morgan fingerprint density at radius 2 is 2.11 bits per heavy atom. The molecular weight excluding hydrogens is 430 g/mol. The highest BCUT2D eigenvalue weighted by atomic mass is 35.5. The Morgan fingerprint density at radius 1 is 1.36 bits per heavy atom. The van der Waals surface area contributed by atoms with E-state index in [-0.39, 0.29) is 26.8 Å². The van der Waals surface area contributed by atoms with E-state index >= 15 is 0 Å². The molecule has 144 valence electrons. The summed E-state index contributed by atoms with van der Waals surface area (Å²) >= 11 is 13.1. The zero-order valence-electron chi connectivity index (χ0n) is 14.0. The first-order valence-corrected chi connectivity index (χ1v) is 9.64. The number of amides is 1. The maximum atomic E-state index is 14.2. The van der Waals surface area contributed by atoms with Gasteiger partial charge >= 0.3 is 5.97 Å². The van der Waals surface area contributed by atoms with E-state index in [1.54, 1.807) is 24.3 Å². The SMILES string of the molecule is O=C(O)CC1Oc2ccccc2N(Cc2nc3c(Cl)c(Cl)cc(F)c3s2)C1=O. The third kappa shape index (κ3) is 3.28. The molecule has 10 heteroatoms. The van der Waals surface area contributed by atoms with Gasteiger partial charge in [0, 0.05) is 0 Å². The number of carbonyl (C=O) groups is 2. The van der Waals surface area contributed by atoms with Crippen LogP contribution in [0.4, 0.5) is 10.1 Å². The Balaban J connectivity index is 1.74. The number of carboxylic acid groups (broad SMARTS) is 1. The zero-order valence-corrected chi connectivity index (χ0v) is 16.3. The van der Waals surface area contributed by atoms with E-state index < -0.39 is 30.2 Å². The summed E-state index contributed by atoms with van der Waals surface area (Å²) in [4.78, 5) is 29.6. The number of benzene rings is 2. The lowest BCUT2D eigenvalue weighted by Crippen LogP contribution is -2.46. The van der Waals surface area contributed by atoms with Gasteiger partial charge in [-0.3, -0.25) is 14.5 Å². The molecule has 0 radical (unpaired) electrons. The smallest absolute Gasteiger partial charge is 0.307 e. The van der Waals surface area contributed by atoms with E-state index in [1.807, 2.05) is 0 Å². The Bertz CT molecular complexity index is 1120. The fourth-order valence-electron chi connectivity index (χ4n) is 2.96. The van der Waals surface area contributed by atoms with Gasteiger partial charge in [0.15, 0.2) is 6.10 Å². The van der Waals surface area contributed by atoms with Crippen LogP contribution in [0.2, 0.25) is 10.0 Å². The summed E-state index contributed by atoms with van der Waals surface area (Å²) in [5, 5.41) is 9.68. The number of halogens is 3. The highest BCUT2D eigenvalue weighted by Crippen LogP contribution is 2.39. The maximum Gasteiger partial charge on any atom is 0.307 e. The van der Waals surface area contributed by atoms with E-state index in [0.717, 1.165) is 17.4 Å². The first-order chi connectivity index (χ1) is 13.3. The van der Waals surface area contributed by atoms with Gasteiger partial charge in [-0.2, -0.15) is 0 Å². The van der Waals surface area contributed by atoms with Gasteiger partial charge in [0.25, 0.3) is 5.91 Å².